The van der Waals surface area contributed by atoms with Crippen molar-refractivity contribution in [3.05, 3.63) is 89.0 Å². The molecule has 1 aliphatic rings. The normalized spacial score (nSPS) is 12.8. The summed E-state index contributed by atoms with van der Waals surface area (Å²) in [4.78, 5) is 15.0. The third kappa shape index (κ3) is 3.18. The number of anilines is 1. The second kappa shape index (κ2) is 7.26. The number of para-hydroxylation sites is 1. The summed E-state index contributed by atoms with van der Waals surface area (Å²) >= 11 is 0. The zero-order chi connectivity index (χ0) is 20.7. The molecular formula is C25H21N3O2. The number of hydrogen-bond donors (Lipinski definition) is 0. The summed E-state index contributed by atoms with van der Waals surface area (Å²) in [5.74, 6) is 0.937. The number of nitrogens with zero attached hydrogens (tertiary/aromatic N) is 3. The monoisotopic (exact) mass is 395 g/mol. The molecule has 4 aromatic rings. The zero-order valence-corrected chi connectivity index (χ0v) is 16.9. The Bertz CT molecular complexity index is 1240. The first-order valence-corrected chi connectivity index (χ1v) is 10.0. The Kier molecular flexibility index (Phi) is 4.43. The van der Waals surface area contributed by atoms with E-state index in [0.29, 0.717) is 23.9 Å². The number of rotatable bonds is 3. The highest BCUT2D eigenvalue weighted by Gasteiger charge is 2.27. The Morgan fingerprint density at radius 2 is 1.63 bits per heavy atom. The fourth-order valence-corrected chi connectivity index (χ4v) is 4.00. The van der Waals surface area contributed by atoms with Gasteiger partial charge in [0, 0.05) is 23.2 Å². The minimum Gasteiger partial charge on any atom is -0.416 e. The third-order valence-electron chi connectivity index (χ3n) is 5.51. The van der Waals surface area contributed by atoms with Crippen molar-refractivity contribution < 1.29 is 9.21 Å². The second-order valence-electron chi connectivity index (χ2n) is 7.65. The minimum atomic E-state index is 0.0144. The van der Waals surface area contributed by atoms with Crippen LogP contribution in [0.1, 0.15) is 27.0 Å². The lowest BCUT2D eigenvalue weighted by molar-refractivity contribution is 0.0989. The fraction of sp³-hybridized carbons (Fsp3) is 0.160. The fourth-order valence-electron chi connectivity index (χ4n) is 4.00. The lowest BCUT2D eigenvalue weighted by Crippen LogP contribution is -2.29. The number of fused-ring (bicyclic) bond motifs is 1. The van der Waals surface area contributed by atoms with Gasteiger partial charge in [-0.15, -0.1) is 10.2 Å². The van der Waals surface area contributed by atoms with E-state index in [1.165, 1.54) is 5.56 Å². The quantitative estimate of drug-likeness (QED) is 0.477. The first kappa shape index (κ1) is 18.3. The summed E-state index contributed by atoms with van der Waals surface area (Å²) in [6.07, 6.45) is 0.893. The van der Waals surface area contributed by atoms with E-state index < -0.39 is 0 Å². The molecule has 0 bridgehead atoms. The Labute approximate surface area is 175 Å². The van der Waals surface area contributed by atoms with Gasteiger partial charge in [-0.3, -0.25) is 4.79 Å². The Morgan fingerprint density at radius 1 is 0.900 bits per heavy atom. The maximum atomic E-state index is 13.1. The topological polar surface area (TPSA) is 59.2 Å². The summed E-state index contributed by atoms with van der Waals surface area (Å²) in [7, 11) is 0. The van der Waals surface area contributed by atoms with E-state index in [9.17, 15) is 4.79 Å². The van der Waals surface area contributed by atoms with Crippen LogP contribution in [0.3, 0.4) is 0 Å². The van der Waals surface area contributed by atoms with Crippen LogP contribution in [0.25, 0.3) is 22.9 Å². The zero-order valence-electron chi connectivity index (χ0n) is 16.9. The van der Waals surface area contributed by atoms with E-state index >= 15 is 0 Å². The summed E-state index contributed by atoms with van der Waals surface area (Å²) in [5.41, 5.74) is 6.87. The second-order valence-corrected chi connectivity index (χ2v) is 7.65. The summed E-state index contributed by atoms with van der Waals surface area (Å²) in [6.45, 7) is 4.79. The molecule has 5 nitrogen and oxygen atoms in total. The number of hydrogen-bond acceptors (Lipinski definition) is 4. The molecule has 0 saturated carbocycles. The highest BCUT2D eigenvalue weighted by molar-refractivity contribution is 6.07. The molecular weight excluding hydrogens is 374 g/mol. The van der Waals surface area contributed by atoms with Crippen LogP contribution in [-0.4, -0.2) is 22.6 Å². The summed E-state index contributed by atoms with van der Waals surface area (Å²) in [6, 6.07) is 21.5. The Hall–Kier alpha value is -3.73. The van der Waals surface area contributed by atoms with Crippen LogP contribution in [0.2, 0.25) is 0 Å². The van der Waals surface area contributed by atoms with Gasteiger partial charge < -0.3 is 9.32 Å². The molecule has 0 saturated heterocycles. The van der Waals surface area contributed by atoms with Crippen molar-refractivity contribution in [1.82, 2.24) is 10.2 Å². The van der Waals surface area contributed by atoms with Gasteiger partial charge in [0.1, 0.15) is 0 Å². The van der Waals surface area contributed by atoms with Crippen LogP contribution < -0.4 is 4.90 Å². The van der Waals surface area contributed by atoms with Crippen LogP contribution in [0, 0.1) is 13.8 Å². The molecule has 148 valence electrons. The number of carbonyl (C=O) groups is 1. The predicted molar refractivity (Wildman–Crippen MR) is 116 cm³/mol. The molecule has 0 radical (unpaired) electrons. The van der Waals surface area contributed by atoms with Gasteiger partial charge in [-0.2, -0.15) is 0 Å². The first-order valence-electron chi connectivity index (χ1n) is 10.0. The molecule has 1 aliphatic heterocycles. The van der Waals surface area contributed by atoms with Crippen molar-refractivity contribution in [3.8, 4) is 22.9 Å². The van der Waals surface area contributed by atoms with Gasteiger partial charge in [0.25, 0.3) is 5.91 Å². The van der Waals surface area contributed by atoms with Crippen molar-refractivity contribution in [1.29, 1.82) is 0 Å². The van der Waals surface area contributed by atoms with Gasteiger partial charge in [-0.25, -0.2) is 0 Å². The number of carbonyl (C=O) groups excluding carboxylic acids is 1. The SMILES string of the molecule is Cc1cccc(-c2nnc(-c3ccc(C(=O)N4CCc5cccc(C)c54)cc3)o2)c1. The molecule has 1 amide bonds. The van der Waals surface area contributed by atoms with Gasteiger partial charge in [0.2, 0.25) is 11.8 Å². The maximum Gasteiger partial charge on any atom is 0.258 e. The average Bonchev–Trinajstić information content (AvgIpc) is 3.42. The average molecular weight is 395 g/mol. The highest BCUT2D eigenvalue weighted by atomic mass is 16.4. The molecule has 3 aromatic carbocycles. The molecule has 5 rings (SSSR count). The lowest BCUT2D eigenvalue weighted by Gasteiger charge is -2.19. The van der Waals surface area contributed by atoms with E-state index in [1.807, 2.05) is 66.4 Å². The van der Waals surface area contributed by atoms with Crippen LogP contribution in [-0.2, 0) is 6.42 Å². The highest BCUT2D eigenvalue weighted by Crippen LogP contribution is 2.33. The third-order valence-corrected chi connectivity index (χ3v) is 5.51. The minimum absolute atomic E-state index is 0.0144. The van der Waals surface area contributed by atoms with E-state index in [1.54, 1.807) is 0 Å². The van der Waals surface area contributed by atoms with Gasteiger partial charge in [0.05, 0.1) is 5.69 Å². The van der Waals surface area contributed by atoms with Crippen LogP contribution in [0.15, 0.2) is 71.1 Å². The van der Waals surface area contributed by atoms with Crippen LogP contribution in [0.5, 0.6) is 0 Å². The van der Waals surface area contributed by atoms with E-state index in [2.05, 4.69) is 29.3 Å². The molecule has 0 unspecified atom stereocenters. The molecule has 1 aromatic heterocycles. The van der Waals surface area contributed by atoms with Crippen molar-refractivity contribution in [2.45, 2.75) is 20.3 Å². The Balaban J connectivity index is 1.39. The van der Waals surface area contributed by atoms with Gasteiger partial charge in [-0.1, -0.05) is 35.9 Å². The summed E-state index contributed by atoms with van der Waals surface area (Å²) < 4.78 is 5.86. The van der Waals surface area contributed by atoms with Gasteiger partial charge >= 0.3 is 0 Å². The van der Waals surface area contributed by atoms with Gasteiger partial charge in [0.15, 0.2) is 0 Å². The van der Waals surface area contributed by atoms with Crippen molar-refractivity contribution in [2.75, 3.05) is 11.4 Å². The first-order chi connectivity index (χ1) is 14.6. The van der Waals surface area contributed by atoms with E-state index in [0.717, 1.165) is 34.4 Å². The number of aromatic nitrogens is 2. The molecule has 0 spiro atoms. The van der Waals surface area contributed by atoms with E-state index in [-0.39, 0.29) is 5.91 Å². The molecule has 0 aliphatic carbocycles. The van der Waals surface area contributed by atoms with Crippen LogP contribution in [0.4, 0.5) is 5.69 Å². The van der Waals surface area contributed by atoms with Crippen LogP contribution >= 0.6 is 0 Å². The molecule has 2 heterocycles. The van der Waals surface area contributed by atoms with Crippen molar-refractivity contribution in [3.63, 3.8) is 0 Å². The van der Waals surface area contributed by atoms with E-state index in [4.69, 9.17) is 4.42 Å². The lowest BCUT2D eigenvalue weighted by atomic mass is 10.1. The molecule has 0 atom stereocenters. The number of amides is 1. The Morgan fingerprint density at radius 3 is 2.40 bits per heavy atom. The van der Waals surface area contributed by atoms with Crippen molar-refractivity contribution in [2.24, 2.45) is 0 Å². The number of aryl methyl sites for hydroxylation is 2. The smallest absolute Gasteiger partial charge is 0.258 e. The standard InChI is InChI=1S/C25H21N3O2/c1-16-5-3-8-21(15-16)24-27-26-23(30-24)19-9-11-20(12-10-19)25(29)28-14-13-18-7-4-6-17(2)22(18)28/h3-12,15H,13-14H2,1-2H3. The molecule has 30 heavy (non-hydrogen) atoms. The molecule has 0 fully saturated rings. The number of benzene rings is 3. The predicted octanol–water partition coefficient (Wildman–Crippen LogP) is 5.22. The van der Waals surface area contributed by atoms with Crippen molar-refractivity contribution >= 4 is 11.6 Å². The van der Waals surface area contributed by atoms with Gasteiger partial charge in [-0.05, 0) is 67.8 Å². The summed E-state index contributed by atoms with van der Waals surface area (Å²) in [5, 5.41) is 8.34. The largest absolute Gasteiger partial charge is 0.416 e. The maximum absolute atomic E-state index is 13.1. The molecule has 0 N–H and O–H groups in total. The molecule has 5 heteroatoms.